The molecule has 1 aliphatic heterocycles. The Labute approximate surface area is 191 Å². The molecule has 1 heterocycles. The van der Waals surface area contributed by atoms with Gasteiger partial charge in [-0.15, -0.1) is 12.4 Å². The Morgan fingerprint density at radius 3 is 2.55 bits per heavy atom. The number of fused-ring (bicyclic) bond motifs is 2. The van der Waals surface area contributed by atoms with Crippen LogP contribution in [0, 0.1) is 0 Å². The summed E-state index contributed by atoms with van der Waals surface area (Å²) in [6.07, 6.45) is 2.25. The van der Waals surface area contributed by atoms with Gasteiger partial charge in [-0.2, -0.15) is 0 Å². The lowest BCUT2D eigenvalue weighted by atomic mass is 10.1. The molecule has 0 aliphatic carbocycles. The van der Waals surface area contributed by atoms with Crippen LogP contribution in [0.2, 0.25) is 0 Å². The number of rotatable bonds is 8. The highest BCUT2D eigenvalue weighted by atomic mass is 35.5. The van der Waals surface area contributed by atoms with Gasteiger partial charge in [0.25, 0.3) is 0 Å². The Hall–Kier alpha value is -1.27. The summed E-state index contributed by atoms with van der Waals surface area (Å²) in [4.78, 5) is 8.38. The summed E-state index contributed by atoms with van der Waals surface area (Å²) < 4.78 is 0. The predicted octanol–water partition coefficient (Wildman–Crippen LogP) is 6.12. The zero-order valence-corrected chi connectivity index (χ0v) is 20.2. The fraction of sp³-hybridized carbons (Fsp3) is 0.435. The third-order valence-corrected chi connectivity index (χ3v) is 6.49. The van der Waals surface area contributed by atoms with Gasteiger partial charge in [0.2, 0.25) is 0 Å². The van der Waals surface area contributed by atoms with Crippen LogP contribution in [0.25, 0.3) is 0 Å². The fourth-order valence-corrected chi connectivity index (χ4v) is 5.03. The third kappa shape index (κ3) is 5.66. The van der Waals surface area contributed by atoms with E-state index < -0.39 is 0 Å². The standard InChI is InChI=1S/C23H31N3S2.ClH/c1-5-13-24-23(27)18-11-12-22-20(15-18)26(17(3)16-25(4)14-6-2)19-9-7-8-10-21(19)28-22;/h7-12,15,17H,5-6,13-14,16H2,1-4H3,(H,24,27);1H/t17-;/m1./s1. The van der Waals surface area contributed by atoms with E-state index in [0.29, 0.717) is 6.04 Å². The van der Waals surface area contributed by atoms with E-state index in [1.165, 1.54) is 27.6 Å². The molecule has 29 heavy (non-hydrogen) atoms. The maximum Gasteiger partial charge on any atom is 0.106 e. The first-order chi connectivity index (χ1) is 13.5. The average Bonchev–Trinajstić information content (AvgIpc) is 2.69. The van der Waals surface area contributed by atoms with Crippen molar-refractivity contribution < 1.29 is 0 Å². The van der Waals surface area contributed by atoms with E-state index in [0.717, 1.165) is 36.6 Å². The van der Waals surface area contributed by atoms with Crippen molar-refractivity contribution >= 4 is 52.8 Å². The van der Waals surface area contributed by atoms with Crippen LogP contribution in [-0.2, 0) is 0 Å². The number of hydrogen-bond donors (Lipinski definition) is 1. The average molecular weight is 450 g/mol. The number of nitrogens with one attached hydrogen (secondary N) is 1. The molecule has 0 radical (unpaired) electrons. The molecule has 1 atom stereocenters. The zero-order chi connectivity index (χ0) is 20.1. The quantitative estimate of drug-likeness (QED) is 0.488. The molecule has 0 saturated heterocycles. The third-order valence-electron chi connectivity index (χ3n) is 4.98. The van der Waals surface area contributed by atoms with E-state index in [1.54, 1.807) is 0 Å². The van der Waals surface area contributed by atoms with E-state index in [9.17, 15) is 0 Å². The summed E-state index contributed by atoms with van der Waals surface area (Å²) in [7, 11) is 2.21. The Balaban J connectivity index is 0.00000300. The number of para-hydroxylation sites is 1. The van der Waals surface area contributed by atoms with Crippen molar-refractivity contribution in [3.63, 3.8) is 0 Å². The molecule has 2 aromatic rings. The van der Waals surface area contributed by atoms with Crippen LogP contribution in [0.5, 0.6) is 0 Å². The minimum Gasteiger partial charge on any atom is -0.376 e. The van der Waals surface area contributed by atoms with E-state index in [1.807, 2.05) is 11.8 Å². The van der Waals surface area contributed by atoms with Gasteiger partial charge in [0.15, 0.2) is 0 Å². The molecule has 0 unspecified atom stereocenters. The molecule has 0 amide bonds. The lowest BCUT2D eigenvalue weighted by molar-refractivity contribution is 0.316. The molecule has 1 N–H and O–H groups in total. The van der Waals surface area contributed by atoms with Gasteiger partial charge < -0.3 is 15.1 Å². The van der Waals surface area contributed by atoms with Crippen molar-refractivity contribution in [1.29, 1.82) is 0 Å². The minimum atomic E-state index is 0. The molecular formula is C23H32ClN3S2. The summed E-state index contributed by atoms with van der Waals surface area (Å²) >= 11 is 7.49. The first kappa shape index (κ1) is 24.0. The maximum atomic E-state index is 5.63. The van der Waals surface area contributed by atoms with E-state index in [-0.39, 0.29) is 12.4 Å². The van der Waals surface area contributed by atoms with Crippen molar-refractivity contribution in [1.82, 2.24) is 10.2 Å². The van der Waals surface area contributed by atoms with Crippen LogP contribution in [0.1, 0.15) is 39.2 Å². The first-order valence-electron chi connectivity index (χ1n) is 10.2. The zero-order valence-electron chi connectivity index (χ0n) is 17.8. The second kappa shape index (κ2) is 11.2. The Morgan fingerprint density at radius 1 is 1.10 bits per heavy atom. The lowest BCUT2D eigenvalue weighted by Gasteiger charge is -2.39. The van der Waals surface area contributed by atoms with Gasteiger partial charge >= 0.3 is 0 Å². The minimum absolute atomic E-state index is 0. The van der Waals surface area contributed by atoms with Crippen molar-refractivity contribution in [2.75, 3.05) is 31.6 Å². The summed E-state index contributed by atoms with van der Waals surface area (Å²) in [6, 6.07) is 15.7. The Kier molecular flexibility index (Phi) is 9.28. The topological polar surface area (TPSA) is 18.5 Å². The summed E-state index contributed by atoms with van der Waals surface area (Å²) in [5, 5.41) is 3.37. The normalized spacial score (nSPS) is 13.3. The van der Waals surface area contributed by atoms with Gasteiger partial charge in [0.05, 0.1) is 11.4 Å². The van der Waals surface area contributed by atoms with Crippen LogP contribution in [0.15, 0.2) is 52.3 Å². The molecule has 158 valence electrons. The molecule has 0 spiro atoms. The molecular weight excluding hydrogens is 418 g/mol. The van der Waals surface area contributed by atoms with Crippen molar-refractivity contribution in [2.45, 2.75) is 49.4 Å². The molecule has 2 aromatic carbocycles. The number of benzene rings is 2. The van der Waals surface area contributed by atoms with Crippen LogP contribution in [0.4, 0.5) is 11.4 Å². The van der Waals surface area contributed by atoms with E-state index in [4.69, 9.17) is 12.2 Å². The second-order valence-electron chi connectivity index (χ2n) is 7.49. The summed E-state index contributed by atoms with van der Waals surface area (Å²) in [5.41, 5.74) is 3.66. The fourth-order valence-electron chi connectivity index (χ4n) is 3.75. The SMILES string of the molecule is CCCNC(=S)c1ccc2c(c1)N([C@H](C)CN(C)CCC)c1ccccc1S2.Cl. The van der Waals surface area contributed by atoms with Crippen molar-refractivity contribution in [3.8, 4) is 0 Å². The number of nitrogens with zero attached hydrogens (tertiary/aromatic N) is 2. The lowest BCUT2D eigenvalue weighted by Crippen LogP contribution is -2.40. The van der Waals surface area contributed by atoms with Crippen molar-refractivity contribution in [2.24, 2.45) is 0 Å². The number of thiocarbonyl (C=S) groups is 1. The molecule has 3 nitrogen and oxygen atoms in total. The van der Waals surface area contributed by atoms with Gasteiger partial charge in [-0.25, -0.2) is 0 Å². The van der Waals surface area contributed by atoms with Gasteiger partial charge in [-0.3, -0.25) is 0 Å². The Bertz CT molecular complexity index is 828. The molecule has 0 fully saturated rings. The predicted molar refractivity (Wildman–Crippen MR) is 134 cm³/mol. The van der Waals surface area contributed by atoms with Gasteiger partial charge in [-0.05, 0) is 57.6 Å². The largest absolute Gasteiger partial charge is 0.376 e. The van der Waals surface area contributed by atoms with E-state index >= 15 is 0 Å². The van der Waals surface area contributed by atoms with E-state index in [2.05, 4.69) is 85.4 Å². The number of likely N-dealkylation sites (N-methyl/N-ethyl adjacent to an activating group) is 1. The number of hydrogen-bond acceptors (Lipinski definition) is 4. The number of anilines is 2. The highest BCUT2D eigenvalue weighted by Crippen LogP contribution is 2.49. The first-order valence-corrected chi connectivity index (χ1v) is 11.4. The molecule has 6 heteroatoms. The van der Waals surface area contributed by atoms with Crippen molar-refractivity contribution in [3.05, 3.63) is 48.0 Å². The van der Waals surface area contributed by atoms with Gasteiger partial charge in [0.1, 0.15) is 4.99 Å². The van der Waals surface area contributed by atoms with Gasteiger partial charge in [0, 0.05) is 34.5 Å². The second-order valence-corrected chi connectivity index (χ2v) is 8.98. The van der Waals surface area contributed by atoms with Gasteiger partial charge in [-0.1, -0.05) is 56.0 Å². The van der Waals surface area contributed by atoms with Crippen LogP contribution >= 0.6 is 36.4 Å². The highest BCUT2D eigenvalue weighted by Gasteiger charge is 2.28. The molecule has 0 aromatic heterocycles. The summed E-state index contributed by atoms with van der Waals surface area (Å²) in [5.74, 6) is 0. The number of halogens is 1. The molecule has 1 aliphatic rings. The summed E-state index contributed by atoms with van der Waals surface area (Å²) in [6.45, 7) is 9.77. The molecule has 0 saturated carbocycles. The maximum absolute atomic E-state index is 5.63. The Morgan fingerprint density at radius 2 is 1.83 bits per heavy atom. The molecule has 0 bridgehead atoms. The van der Waals surface area contributed by atoms with Crippen LogP contribution in [-0.4, -0.2) is 42.6 Å². The smallest absolute Gasteiger partial charge is 0.106 e. The van der Waals surface area contributed by atoms with Crippen LogP contribution in [0.3, 0.4) is 0 Å². The molecule has 3 rings (SSSR count). The highest BCUT2D eigenvalue weighted by molar-refractivity contribution is 7.99. The monoisotopic (exact) mass is 449 g/mol. The van der Waals surface area contributed by atoms with Crippen LogP contribution < -0.4 is 10.2 Å².